The largest absolute Gasteiger partial charge is 0.355 e. The fourth-order valence-corrected chi connectivity index (χ4v) is 4.37. The SMILES string of the molecule is CN=C(NCCN1CCCS1(=O)=O)N(C)Cc1c(F)cccc1Cl.I. The smallest absolute Gasteiger partial charge is 0.214 e. The van der Waals surface area contributed by atoms with Crippen LogP contribution in [0.2, 0.25) is 5.02 Å². The van der Waals surface area contributed by atoms with E-state index >= 15 is 0 Å². The molecule has 1 N–H and O–H groups in total. The normalized spacial score (nSPS) is 17.2. The van der Waals surface area contributed by atoms with E-state index in [1.807, 2.05) is 0 Å². The minimum Gasteiger partial charge on any atom is -0.355 e. The van der Waals surface area contributed by atoms with Gasteiger partial charge < -0.3 is 10.2 Å². The Morgan fingerprint density at radius 2 is 2.20 bits per heavy atom. The molecule has 0 saturated carbocycles. The molecule has 1 heterocycles. The molecule has 1 aliphatic rings. The molecule has 0 radical (unpaired) electrons. The summed E-state index contributed by atoms with van der Waals surface area (Å²) in [5.74, 6) is 0.395. The van der Waals surface area contributed by atoms with Crippen LogP contribution in [0.3, 0.4) is 0 Å². The number of nitrogens with zero attached hydrogens (tertiary/aromatic N) is 3. The van der Waals surface area contributed by atoms with Crippen molar-refractivity contribution in [3.8, 4) is 0 Å². The first-order valence-electron chi connectivity index (χ1n) is 7.67. The van der Waals surface area contributed by atoms with Gasteiger partial charge in [0.2, 0.25) is 10.0 Å². The Hall–Kier alpha value is -0.650. The molecule has 1 aliphatic heterocycles. The molecule has 1 saturated heterocycles. The Morgan fingerprint density at radius 3 is 2.76 bits per heavy atom. The third-order valence-corrected chi connectivity index (χ3v) is 6.19. The molecular formula is C15H23ClFIN4O2S. The minimum atomic E-state index is -3.10. The van der Waals surface area contributed by atoms with Gasteiger partial charge in [-0.05, 0) is 18.6 Å². The van der Waals surface area contributed by atoms with E-state index in [2.05, 4.69) is 10.3 Å². The zero-order valence-electron chi connectivity index (χ0n) is 14.2. The summed E-state index contributed by atoms with van der Waals surface area (Å²) < 4.78 is 38.9. The number of guanidine groups is 1. The molecule has 0 amide bonds. The number of aliphatic imine (C=N–C) groups is 1. The van der Waals surface area contributed by atoms with Crippen LogP contribution in [0.15, 0.2) is 23.2 Å². The lowest BCUT2D eigenvalue weighted by Crippen LogP contribution is -2.42. The summed E-state index contributed by atoms with van der Waals surface area (Å²) in [5, 5.41) is 3.46. The average Bonchev–Trinajstić information content (AvgIpc) is 2.86. The second-order valence-corrected chi connectivity index (χ2v) is 8.09. The Balaban J connectivity index is 0.00000312. The van der Waals surface area contributed by atoms with Crippen molar-refractivity contribution in [3.63, 3.8) is 0 Å². The molecule has 0 aliphatic carbocycles. The second-order valence-electron chi connectivity index (χ2n) is 5.60. The van der Waals surface area contributed by atoms with Crippen LogP contribution in [0, 0.1) is 5.82 Å². The molecule has 0 atom stereocenters. The van der Waals surface area contributed by atoms with Crippen molar-refractivity contribution in [2.24, 2.45) is 4.99 Å². The molecule has 0 aromatic heterocycles. The fraction of sp³-hybridized carbons (Fsp3) is 0.533. The van der Waals surface area contributed by atoms with Gasteiger partial charge in [0.15, 0.2) is 5.96 Å². The lowest BCUT2D eigenvalue weighted by molar-refractivity contribution is 0.429. The highest BCUT2D eigenvalue weighted by Crippen LogP contribution is 2.20. The minimum absolute atomic E-state index is 0. The first-order chi connectivity index (χ1) is 11.3. The fourth-order valence-electron chi connectivity index (χ4n) is 2.61. The maximum Gasteiger partial charge on any atom is 0.214 e. The second kappa shape index (κ2) is 9.89. The first-order valence-corrected chi connectivity index (χ1v) is 9.66. The highest BCUT2D eigenvalue weighted by atomic mass is 127. The summed E-state index contributed by atoms with van der Waals surface area (Å²) >= 11 is 6.04. The van der Waals surface area contributed by atoms with Gasteiger partial charge in [-0.3, -0.25) is 4.99 Å². The van der Waals surface area contributed by atoms with E-state index in [1.54, 1.807) is 31.1 Å². The van der Waals surface area contributed by atoms with Crippen LogP contribution in [0.4, 0.5) is 4.39 Å². The lowest BCUT2D eigenvalue weighted by Gasteiger charge is -2.24. The Bertz CT molecular complexity index is 697. The standard InChI is InChI=1S/C15H22ClFN4O2S.HI/c1-18-15(19-7-9-21-8-4-10-24(21,22)23)20(2)11-12-13(16)5-3-6-14(12)17;/h3,5-6H,4,7-11H2,1-2H3,(H,18,19);1H. The zero-order valence-corrected chi connectivity index (χ0v) is 18.1. The summed E-state index contributed by atoms with van der Waals surface area (Å²) in [6, 6.07) is 4.57. The first kappa shape index (κ1) is 22.4. The van der Waals surface area contributed by atoms with Crippen LogP contribution >= 0.6 is 35.6 Å². The summed E-state index contributed by atoms with van der Waals surface area (Å²) in [6.07, 6.45) is 0.669. The van der Waals surface area contributed by atoms with Crippen LogP contribution in [0.5, 0.6) is 0 Å². The van der Waals surface area contributed by atoms with Crippen molar-refractivity contribution in [1.29, 1.82) is 0 Å². The quantitative estimate of drug-likeness (QED) is 0.379. The molecule has 1 fully saturated rings. The summed E-state index contributed by atoms with van der Waals surface area (Å²) in [4.78, 5) is 5.88. The third-order valence-electron chi connectivity index (χ3n) is 3.88. The van der Waals surface area contributed by atoms with Crippen LogP contribution < -0.4 is 5.32 Å². The Labute approximate surface area is 170 Å². The van der Waals surface area contributed by atoms with E-state index in [1.165, 1.54) is 10.4 Å². The Kier molecular flexibility index (Phi) is 8.85. The van der Waals surface area contributed by atoms with Gasteiger partial charge >= 0.3 is 0 Å². The monoisotopic (exact) mass is 504 g/mol. The number of sulfonamides is 1. The Morgan fingerprint density at radius 1 is 1.48 bits per heavy atom. The molecule has 1 aromatic carbocycles. The number of nitrogens with one attached hydrogen (secondary N) is 1. The van der Waals surface area contributed by atoms with Crippen molar-refractivity contribution in [1.82, 2.24) is 14.5 Å². The van der Waals surface area contributed by atoms with E-state index in [4.69, 9.17) is 11.6 Å². The number of halogens is 3. The molecule has 0 spiro atoms. The molecular weight excluding hydrogens is 482 g/mol. The van der Waals surface area contributed by atoms with Gasteiger partial charge in [0, 0.05) is 50.9 Å². The number of hydrogen-bond acceptors (Lipinski definition) is 3. The van der Waals surface area contributed by atoms with Crippen LogP contribution in [-0.4, -0.2) is 63.1 Å². The van der Waals surface area contributed by atoms with Crippen LogP contribution in [-0.2, 0) is 16.6 Å². The van der Waals surface area contributed by atoms with Crippen molar-refractivity contribution in [3.05, 3.63) is 34.6 Å². The van der Waals surface area contributed by atoms with Gasteiger partial charge in [-0.25, -0.2) is 17.1 Å². The van der Waals surface area contributed by atoms with Crippen LogP contribution in [0.1, 0.15) is 12.0 Å². The van der Waals surface area contributed by atoms with E-state index in [-0.39, 0.29) is 42.1 Å². The predicted octanol–water partition coefficient (Wildman–Crippen LogP) is 2.14. The molecule has 0 bridgehead atoms. The van der Waals surface area contributed by atoms with Gasteiger partial charge in [0.1, 0.15) is 5.82 Å². The summed E-state index contributed by atoms with van der Waals surface area (Å²) in [7, 11) is 0.289. The van der Waals surface area contributed by atoms with Gasteiger partial charge in [0.25, 0.3) is 0 Å². The van der Waals surface area contributed by atoms with Crippen molar-refractivity contribution < 1.29 is 12.8 Å². The molecule has 6 nitrogen and oxygen atoms in total. The van der Waals surface area contributed by atoms with Gasteiger partial charge in [-0.15, -0.1) is 24.0 Å². The highest BCUT2D eigenvalue weighted by Gasteiger charge is 2.27. The van der Waals surface area contributed by atoms with Crippen molar-refractivity contribution in [2.45, 2.75) is 13.0 Å². The topological polar surface area (TPSA) is 65.0 Å². The molecule has 1 aromatic rings. The van der Waals surface area contributed by atoms with Gasteiger partial charge in [-0.2, -0.15) is 0 Å². The third kappa shape index (κ3) is 5.93. The van der Waals surface area contributed by atoms with Gasteiger partial charge in [-0.1, -0.05) is 17.7 Å². The van der Waals surface area contributed by atoms with Crippen molar-refractivity contribution >= 4 is 51.6 Å². The average molecular weight is 505 g/mol. The predicted molar refractivity (Wildman–Crippen MR) is 110 cm³/mol. The zero-order chi connectivity index (χ0) is 17.7. The maximum atomic E-state index is 13.9. The number of benzene rings is 1. The maximum absolute atomic E-state index is 13.9. The van der Waals surface area contributed by atoms with E-state index in [0.29, 0.717) is 42.6 Å². The molecule has 25 heavy (non-hydrogen) atoms. The highest BCUT2D eigenvalue weighted by molar-refractivity contribution is 14.0. The van der Waals surface area contributed by atoms with Gasteiger partial charge in [0.05, 0.1) is 5.75 Å². The molecule has 142 valence electrons. The van der Waals surface area contributed by atoms with Crippen molar-refractivity contribution in [2.75, 3.05) is 39.5 Å². The number of rotatable bonds is 5. The van der Waals surface area contributed by atoms with E-state index in [9.17, 15) is 12.8 Å². The van der Waals surface area contributed by atoms with E-state index < -0.39 is 10.0 Å². The van der Waals surface area contributed by atoms with Crippen LogP contribution in [0.25, 0.3) is 0 Å². The summed E-state index contributed by atoms with van der Waals surface area (Å²) in [6.45, 7) is 1.63. The van der Waals surface area contributed by atoms with E-state index in [0.717, 1.165) is 0 Å². The summed E-state index contributed by atoms with van der Waals surface area (Å²) in [5.41, 5.74) is 0.395. The molecule has 2 rings (SSSR count). The number of hydrogen-bond donors (Lipinski definition) is 1. The molecule has 10 heteroatoms. The molecule has 0 unspecified atom stereocenters. The lowest BCUT2D eigenvalue weighted by atomic mass is 10.2.